The Morgan fingerprint density at radius 3 is 2.59 bits per heavy atom. The Morgan fingerprint density at radius 2 is 1.91 bits per heavy atom. The second-order valence-electron chi connectivity index (χ2n) is 4.93. The molecule has 0 saturated carbocycles. The lowest BCUT2D eigenvalue weighted by molar-refractivity contribution is -0.112. The van der Waals surface area contributed by atoms with Crippen LogP contribution in [0.4, 0.5) is 5.69 Å². The Morgan fingerprint density at radius 1 is 1.18 bits per heavy atom. The quantitative estimate of drug-likeness (QED) is 0.671. The molecule has 0 radical (unpaired) electrons. The van der Waals surface area contributed by atoms with Gasteiger partial charge in [0.25, 0.3) is 5.91 Å². The first kappa shape index (κ1) is 15.3. The van der Waals surface area contributed by atoms with E-state index in [-0.39, 0.29) is 11.3 Å². The molecule has 4 heteroatoms. The van der Waals surface area contributed by atoms with Gasteiger partial charge in [-0.15, -0.1) is 0 Å². The number of amides is 1. The van der Waals surface area contributed by atoms with Crippen LogP contribution in [0.15, 0.2) is 48.0 Å². The van der Waals surface area contributed by atoms with Crippen LogP contribution in [0.5, 0.6) is 5.75 Å². The molecule has 0 aliphatic carbocycles. The summed E-state index contributed by atoms with van der Waals surface area (Å²) in [5.74, 6) is -0.478. The van der Waals surface area contributed by atoms with Crippen LogP contribution < -0.4 is 5.32 Å². The molecule has 0 fully saturated rings. The molecule has 0 aliphatic heterocycles. The van der Waals surface area contributed by atoms with Crippen LogP contribution in [0.25, 0.3) is 6.08 Å². The van der Waals surface area contributed by atoms with Gasteiger partial charge >= 0.3 is 0 Å². The zero-order valence-electron chi connectivity index (χ0n) is 12.4. The molecule has 0 spiro atoms. The standard InChI is InChI=1S/C18H16N2O2/c1-12-6-5-8-16(13(12)2)20-18(22)15(11-19)10-14-7-3-4-9-17(14)21/h3-10,21H,1-2H3,(H,20,22). The van der Waals surface area contributed by atoms with Crippen LogP contribution in [0.2, 0.25) is 0 Å². The first-order valence-electron chi connectivity index (χ1n) is 6.80. The Labute approximate surface area is 129 Å². The van der Waals surface area contributed by atoms with Crippen molar-refractivity contribution < 1.29 is 9.90 Å². The van der Waals surface area contributed by atoms with E-state index in [0.29, 0.717) is 11.3 Å². The second-order valence-corrected chi connectivity index (χ2v) is 4.93. The van der Waals surface area contributed by atoms with Crippen molar-refractivity contribution in [2.24, 2.45) is 0 Å². The molecule has 0 heterocycles. The third-order valence-electron chi connectivity index (χ3n) is 3.45. The molecule has 110 valence electrons. The lowest BCUT2D eigenvalue weighted by Gasteiger charge is -2.10. The number of aryl methyl sites for hydroxylation is 1. The first-order chi connectivity index (χ1) is 10.5. The largest absolute Gasteiger partial charge is 0.507 e. The number of aromatic hydroxyl groups is 1. The van der Waals surface area contributed by atoms with E-state index < -0.39 is 5.91 Å². The Balaban J connectivity index is 2.29. The molecule has 2 aromatic rings. The Kier molecular flexibility index (Phi) is 4.60. The number of nitrogens with one attached hydrogen (secondary N) is 1. The van der Waals surface area contributed by atoms with Crippen molar-refractivity contribution in [2.75, 3.05) is 5.32 Å². The highest BCUT2D eigenvalue weighted by Gasteiger charge is 2.12. The number of benzene rings is 2. The highest BCUT2D eigenvalue weighted by molar-refractivity contribution is 6.10. The Hall–Kier alpha value is -3.06. The number of hydrogen-bond donors (Lipinski definition) is 2. The first-order valence-corrected chi connectivity index (χ1v) is 6.80. The summed E-state index contributed by atoms with van der Waals surface area (Å²) < 4.78 is 0. The lowest BCUT2D eigenvalue weighted by atomic mass is 10.1. The van der Waals surface area contributed by atoms with E-state index in [2.05, 4.69) is 5.32 Å². The van der Waals surface area contributed by atoms with Gasteiger partial charge in [-0.1, -0.05) is 30.3 Å². The SMILES string of the molecule is Cc1cccc(NC(=O)C(C#N)=Cc2ccccc2O)c1C. The summed E-state index contributed by atoms with van der Waals surface area (Å²) in [7, 11) is 0. The molecule has 2 aromatic carbocycles. The van der Waals surface area contributed by atoms with Crippen LogP contribution in [0.1, 0.15) is 16.7 Å². The van der Waals surface area contributed by atoms with E-state index in [1.807, 2.05) is 32.0 Å². The number of carbonyl (C=O) groups excluding carboxylic acids is 1. The zero-order valence-corrected chi connectivity index (χ0v) is 12.4. The summed E-state index contributed by atoms with van der Waals surface area (Å²) in [4.78, 5) is 12.2. The van der Waals surface area contributed by atoms with Crippen LogP contribution in [-0.4, -0.2) is 11.0 Å². The number of phenols is 1. The summed E-state index contributed by atoms with van der Waals surface area (Å²) in [5, 5.41) is 21.6. The van der Waals surface area contributed by atoms with E-state index in [9.17, 15) is 15.2 Å². The molecule has 0 bridgehead atoms. The molecule has 2 N–H and O–H groups in total. The molecule has 0 atom stereocenters. The normalized spacial score (nSPS) is 10.9. The maximum Gasteiger partial charge on any atom is 0.266 e. The Bertz CT molecular complexity index is 786. The molecule has 0 unspecified atom stereocenters. The number of nitriles is 1. The molecule has 1 amide bonds. The topological polar surface area (TPSA) is 73.1 Å². The zero-order chi connectivity index (χ0) is 16.1. The van der Waals surface area contributed by atoms with Gasteiger partial charge in [0.2, 0.25) is 0 Å². The van der Waals surface area contributed by atoms with Gasteiger partial charge in [-0.25, -0.2) is 0 Å². The van der Waals surface area contributed by atoms with Crippen LogP contribution in [-0.2, 0) is 4.79 Å². The smallest absolute Gasteiger partial charge is 0.266 e. The van der Waals surface area contributed by atoms with E-state index in [0.717, 1.165) is 11.1 Å². The highest BCUT2D eigenvalue weighted by atomic mass is 16.3. The molecule has 22 heavy (non-hydrogen) atoms. The van der Waals surface area contributed by atoms with E-state index in [4.69, 9.17) is 0 Å². The third kappa shape index (κ3) is 3.33. The number of phenolic OH excluding ortho intramolecular Hbond substituents is 1. The summed E-state index contributed by atoms with van der Waals surface area (Å²) >= 11 is 0. The predicted octanol–water partition coefficient (Wildman–Crippen LogP) is 3.55. The summed E-state index contributed by atoms with van der Waals surface area (Å²) in [6, 6.07) is 14.0. The molecule has 2 rings (SSSR count). The molecular weight excluding hydrogens is 276 g/mol. The van der Waals surface area contributed by atoms with Gasteiger partial charge in [-0.2, -0.15) is 5.26 Å². The highest BCUT2D eigenvalue weighted by Crippen LogP contribution is 2.21. The number of para-hydroxylation sites is 1. The summed E-state index contributed by atoms with van der Waals surface area (Å²) in [6.45, 7) is 3.86. The summed E-state index contributed by atoms with van der Waals surface area (Å²) in [5.41, 5.74) is 3.04. The lowest BCUT2D eigenvalue weighted by Crippen LogP contribution is -2.14. The van der Waals surface area contributed by atoms with Crippen molar-refractivity contribution in [1.82, 2.24) is 0 Å². The van der Waals surface area contributed by atoms with Crippen molar-refractivity contribution in [3.8, 4) is 11.8 Å². The fraction of sp³-hybridized carbons (Fsp3) is 0.111. The van der Waals surface area contributed by atoms with Crippen LogP contribution in [0, 0.1) is 25.2 Å². The van der Waals surface area contributed by atoms with Gasteiger partial charge < -0.3 is 10.4 Å². The third-order valence-corrected chi connectivity index (χ3v) is 3.45. The molecule has 0 aliphatic rings. The minimum Gasteiger partial charge on any atom is -0.507 e. The van der Waals surface area contributed by atoms with Crippen molar-refractivity contribution in [2.45, 2.75) is 13.8 Å². The number of anilines is 1. The number of carbonyl (C=O) groups is 1. The van der Waals surface area contributed by atoms with Crippen molar-refractivity contribution in [1.29, 1.82) is 5.26 Å². The van der Waals surface area contributed by atoms with Crippen molar-refractivity contribution in [3.63, 3.8) is 0 Å². The fourth-order valence-corrected chi connectivity index (χ4v) is 1.99. The minimum absolute atomic E-state index is 0.0230. The number of nitrogens with zero attached hydrogens (tertiary/aromatic N) is 1. The predicted molar refractivity (Wildman–Crippen MR) is 86.2 cm³/mol. The average Bonchev–Trinajstić information content (AvgIpc) is 2.51. The van der Waals surface area contributed by atoms with Gasteiger partial charge in [0.15, 0.2) is 0 Å². The molecular formula is C18H16N2O2. The van der Waals surface area contributed by atoms with Crippen molar-refractivity contribution >= 4 is 17.7 Å². The second kappa shape index (κ2) is 6.59. The minimum atomic E-state index is -0.501. The van der Waals surface area contributed by atoms with Gasteiger partial charge in [0.1, 0.15) is 17.4 Å². The van der Waals surface area contributed by atoms with Gasteiger partial charge in [-0.3, -0.25) is 4.79 Å². The van der Waals surface area contributed by atoms with E-state index >= 15 is 0 Å². The maximum absolute atomic E-state index is 12.2. The summed E-state index contributed by atoms with van der Waals surface area (Å²) in [6.07, 6.45) is 1.37. The monoisotopic (exact) mass is 292 g/mol. The average molecular weight is 292 g/mol. The maximum atomic E-state index is 12.2. The van der Waals surface area contributed by atoms with Gasteiger partial charge in [-0.05, 0) is 43.2 Å². The van der Waals surface area contributed by atoms with E-state index in [1.165, 1.54) is 12.1 Å². The number of rotatable bonds is 3. The van der Waals surface area contributed by atoms with E-state index in [1.54, 1.807) is 24.3 Å². The van der Waals surface area contributed by atoms with Gasteiger partial charge in [0.05, 0.1) is 0 Å². The molecule has 0 aromatic heterocycles. The van der Waals surface area contributed by atoms with Gasteiger partial charge in [0, 0.05) is 11.3 Å². The molecule has 0 saturated heterocycles. The number of hydrogen-bond acceptors (Lipinski definition) is 3. The van der Waals surface area contributed by atoms with Crippen LogP contribution in [0.3, 0.4) is 0 Å². The molecule has 4 nitrogen and oxygen atoms in total. The fourth-order valence-electron chi connectivity index (χ4n) is 1.99. The van der Waals surface area contributed by atoms with Crippen LogP contribution >= 0.6 is 0 Å². The van der Waals surface area contributed by atoms with Crippen molar-refractivity contribution in [3.05, 3.63) is 64.7 Å².